The summed E-state index contributed by atoms with van der Waals surface area (Å²) in [6.45, 7) is 5.89. The van der Waals surface area contributed by atoms with Crippen molar-refractivity contribution in [2.45, 2.75) is 33.4 Å². The van der Waals surface area contributed by atoms with Crippen molar-refractivity contribution in [1.29, 1.82) is 0 Å². The SMILES string of the molecule is CCC.Cc1ncc2c(N)nc3cc(F)c(C(=O)N4CCOc5nc(C(F)(F)F)ccc54)cc3n12. The molecular formula is C23H22F4N6O2. The van der Waals surface area contributed by atoms with E-state index in [0.29, 0.717) is 16.9 Å². The van der Waals surface area contributed by atoms with Gasteiger partial charge in [-0.25, -0.2) is 19.3 Å². The molecule has 5 rings (SSSR count). The quantitative estimate of drug-likeness (QED) is 0.386. The Morgan fingerprint density at radius 1 is 1.17 bits per heavy atom. The van der Waals surface area contributed by atoms with Gasteiger partial charge in [-0.05, 0) is 25.1 Å². The highest BCUT2D eigenvalue weighted by Crippen LogP contribution is 2.36. The normalized spacial score (nSPS) is 13.3. The summed E-state index contributed by atoms with van der Waals surface area (Å²) in [5, 5.41) is 0. The molecule has 0 saturated carbocycles. The molecule has 0 bridgehead atoms. The minimum atomic E-state index is -4.67. The first-order chi connectivity index (χ1) is 16.6. The van der Waals surface area contributed by atoms with Crippen LogP contribution in [0.1, 0.15) is 42.1 Å². The van der Waals surface area contributed by atoms with Gasteiger partial charge in [0, 0.05) is 6.07 Å². The van der Waals surface area contributed by atoms with Crippen molar-refractivity contribution < 1.29 is 27.1 Å². The number of aryl methyl sites for hydroxylation is 1. The number of rotatable bonds is 1. The zero-order valence-electron chi connectivity index (χ0n) is 19.1. The van der Waals surface area contributed by atoms with Gasteiger partial charge in [0.2, 0.25) is 5.88 Å². The Morgan fingerprint density at radius 3 is 2.57 bits per heavy atom. The standard InChI is InChI=1S/C20H14F4N6O2.C3H8/c1-9-26-8-15-17(25)27-12-7-11(21)10(6-14(12)30(9)15)19(31)29-4-5-32-18-13(29)2-3-16(28-18)20(22,23)24;1-3-2/h2-3,6-8H,4-5H2,1H3,(H2,25,27);3H2,1-2H3. The van der Waals surface area contributed by atoms with Gasteiger partial charge in [0.05, 0.1) is 29.3 Å². The molecule has 0 unspecified atom stereocenters. The van der Waals surface area contributed by atoms with Gasteiger partial charge in [-0.1, -0.05) is 20.3 Å². The Bertz CT molecular complexity index is 1430. The summed E-state index contributed by atoms with van der Waals surface area (Å²) in [5.41, 5.74) is 5.65. The predicted octanol–water partition coefficient (Wildman–Crippen LogP) is 4.78. The van der Waals surface area contributed by atoms with Gasteiger partial charge in [-0.3, -0.25) is 14.1 Å². The lowest BCUT2D eigenvalue weighted by atomic mass is 10.1. The number of ether oxygens (including phenoxy) is 1. The zero-order valence-corrected chi connectivity index (χ0v) is 19.1. The van der Waals surface area contributed by atoms with E-state index in [1.54, 1.807) is 11.3 Å². The molecule has 0 spiro atoms. The molecule has 35 heavy (non-hydrogen) atoms. The summed E-state index contributed by atoms with van der Waals surface area (Å²) in [6.07, 6.45) is -1.90. The number of hydrogen-bond acceptors (Lipinski definition) is 6. The van der Waals surface area contributed by atoms with Crippen molar-refractivity contribution in [2.24, 2.45) is 0 Å². The van der Waals surface area contributed by atoms with Crippen LogP contribution in [0.25, 0.3) is 16.6 Å². The van der Waals surface area contributed by atoms with Gasteiger partial charge in [-0.2, -0.15) is 13.2 Å². The van der Waals surface area contributed by atoms with E-state index in [1.807, 2.05) is 0 Å². The Hall–Kier alpha value is -3.96. The number of aromatic nitrogens is 4. The molecule has 0 atom stereocenters. The Kier molecular flexibility index (Phi) is 6.22. The van der Waals surface area contributed by atoms with E-state index in [-0.39, 0.29) is 41.6 Å². The van der Waals surface area contributed by atoms with Crippen molar-refractivity contribution in [1.82, 2.24) is 19.4 Å². The average molecular weight is 490 g/mol. The number of nitrogens with two attached hydrogens (primary N) is 1. The summed E-state index contributed by atoms with van der Waals surface area (Å²) in [5.74, 6) is -1.23. The number of pyridine rings is 1. The molecule has 4 heterocycles. The van der Waals surface area contributed by atoms with E-state index < -0.39 is 23.6 Å². The van der Waals surface area contributed by atoms with E-state index in [9.17, 15) is 22.4 Å². The smallest absolute Gasteiger partial charge is 0.433 e. The maximum atomic E-state index is 14.9. The van der Waals surface area contributed by atoms with Crippen LogP contribution in [0.15, 0.2) is 30.5 Å². The molecule has 1 aliphatic heterocycles. The van der Waals surface area contributed by atoms with E-state index >= 15 is 0 Å². The first-order valence-corrected chi connectivity index (χ1v) is 10.8. The first kappa shape index (κ1) is 24.2. The third kappa shape index (κ3) is 4.31. The number of amides is 1. The molecule has 184 valence electrons. The summed E-state index contributed by atoms with van der Waals surface area (Å²) in [7, 11) is 0. The second-order valence-electron chi connectivity index (χ2n) is 7.87. The van der Waals surface area contributed by atoms with Gasteiger partial charge < -0.3 is 10.5 Å². The van der Waals surface area contributed by atoms with Crippen molar-refractivity contribution in [2.75, 3.05) is 23.8 Å². The predicted molar refractivity (Wildman–Crippen MR) is 122 cm³/mol. The fourth-order valence-electron chi connectivity index (χ4n) is 3.71. The van der Waals surface area contributed by atoms with Gasteiger partial charge in [0.25, 0.3) is 5.91 Å². The maximum Gasteiger partial charge on any atom is 0.433 e. The number of benzene rings is 1. The number of carbonyl (C=O) groups is 1. The van der Waals surface area contributed by atoms with Crippen LogP contribution >= 0.6 is 0 Å². The molecule has 1 amide bonds. The summed E-state index contributed by atoms with van der Waals surface area (Å²) in [4.78, 5) is 26.2. The number of imidazole rings is 1. The lowest BCUT2D eigenvalue weighted by Gasteiger charge is -2.29. The number of hydrogen-bond donors (Lipinski definition) is 1. The van der Waals surface area contributed by atoms with Crippen molar-refractivity contribution in [3.63, 3.8) is 0 Å². The number of nitrogen functional groups attached to an aromatic ring is 1. The second kappa shape index (κ2) is 9.01. The van der Waals surface area contributed by atoms with Crippen LogP contribution in [-0.4, -0.2) is 38.4 Å². The molecule has 0 radical (unpaired) electrons. The number of halogens is 4. The highest BCUT2D eigenvalue weighted by molar-refractivity contribution is 6.08. The summed E-state index contributed by atoms with van der Waals surface area (Å²) >= 11 is 0. The number of anilines is 2. The highest BCUT2D eigenvalue weighted by atomic mass is 19.4. The molecule has 1 aliphatic rings. The third-order valence-electron chi connectivity index (χ3n) is 5.20. The van der Waals surface area contributed by atoms with Gasteiger partial charge >= 0.3 is 6.18 Å². The lowest BCUT2D eigenvalue weighted by Crippen LogP contribution is -2.39. The van der Waals surface area contributed by atoms with Crippen LogP contribution in [0.2, 0.25) is 0 Å². The summed E-state index contributed by atoms with van der Waals surface area (Å²) in [6, 6.07) is 4.25. The molecule has 3 aromatic heterocycles. The minimum absolute atomic E-state index is 0.00978. The van der Waals surface area contributed by atoms with Crippen LogP contribution in [-0.2, 0) is 6.18 Å². The number of carbonyl (C=O) groups excluding carboxylic acids is 1. The Balaban J connectivity index is 0.000000917. The van der Waals surface area contributed by atoms with Crippen LogP contribution < -0.4 is 15.4 Å². The second-order valence-corrected chi connectivity index (χ2v) is 7.87. The molecule has 0 fully saturated rings. The summed E-state index contributed by atoms with van der Waals surface area (Å²) < 4.78 is 60.7. The molecule has 1 aromatic carbocycles. The van der Waals surface area contributed by atoms with E-state index in [1.165, 1.54) is 18.7 Å². The van der Waals surface area contributed by atoms with Gasteiger partial charge in [-0.15, -0.1) is 0 Å². The zero-order chi connectivity index (χ0) is 25.5. The van der Waals surface area contributed by atoms with Crippen LogP contribution in [0, 0.1) is 12.7 Å². The molecule has 0 aliphatic carbocycles. The van der Waals surface area contributed by atoms with E-state index in [4.69, 9.17) is 10.5 Å². The largest absolute Gasteiger partial charge is 0.474 e. The van der Waals surface area contributed by atoms with Gasteiger partial charge in [0.15, 0.2) is 0 Å². The fourth-order valence-corrected chi connectivity index (χ4v) is 3.71. The highest BCUT2D eigenvalue weighted by Gasteiger charge is 2.35. The van der Waals surface area contributed by atoms with Crippen molar-refractivity contribution >= 4 is 34.0 Å². The number of nitrogens with zero attached hydrogens (tertiary/aromatic N) is 5. The first-order valence-electron chi connectivity index (χ1n) is 10.8. The van der Waals surface area contributed by atoms with Gasteiger partial charge in [0.1, 0.15) is 41.0 Å². The van der Waals surface area contributed by atoms with Crippen molar-refractivity contribution in [3.05, 3.63) is 53.4 Å². The van der Waals surface area contributed by atoms with Crippen molar-refractivity contribution in [3.8, 4) is 5.88 Å². The topological polar surface area (TPSA) is 98.6 Å². The third-order valence-corrected chi connectivity index (χ3v) is 5.20. The average Bonchev–Trinajstić information content (AvgIpc) is 3.20. The van der Waals surface area contributed by atoms with E-state index in [0.717, 1.165) is 23.1 Å². The lowest BCUT2D eigenvalue weighted by molar-refractivity contribution is -0.141. The van der Waals surface area contributed by atoms with Crippen LogP contribution in [0.3, 0.4) is 0 Å². The monoisotopic (exact) mass is 490 g/mol. The number of alkyl halides is 3. The Labute approximate surface area is 197 Å². The fraction of sp³-hybridized carbons (Fsp3) is 0.304. The molecule has 12 heteroatoms. The molecule has 8 nitrogen and oxygen atoms in total. The van der Waals surface area contributed by atoms with Crippen LogP contribution in [0.4, 0.5) is 29.1 Å². The Morgan fingerprint density at radius 2 is 1.89 bits per heavy atom. The molecule has 4 aromatic rings. The minimum Gasteiger partial charge on any atom is -0.474 e. The molecule has 0 saturated heterocycles. The van der Waals surface area contributed by atoms with E-state index in [2.05, 4.69) is 28.8 Å². The van der Waals surface area contributed by atoms with Crippen LogP contribution in [0.5, 0.6) is 5.88 Å². The molecule has 2 N–H and O–H groups in total. The molecular weight excluding hydrogens is 468 g/mol. The maximum absolute atomic E-state index is 14.9. The number of fused-ring (bicyclic) bond motifs is 4.